The minimum absolute atomic E-state index is 0.0165. The van der Waals surface area contributed by atoms with Gasteiger partial charge in [-0.2, -0.15) is 0 Å². The van der Waals surface area contributed by atoms with E-state index in [2.05, 4.69) is 10.7 Å². The van der Waals surface area contributed by atoms with Crippen molar-refractivity contribution in [2.24, 2.45) is 0 Å². The third-order valence-corrected chi connectivity index (χ3v) is 2.17. The second-order valence-electron chi connectivity index (χ2n) is 3.24. The fourth-order valence-corrected chi connectivity index (χ4v) is 1.39. The highest BCUT2D eigenvalue weighted by atomic mass is 32.1. The monoisotopic (exact) mass is 237 g/mol. The number of rotatable bonds is 2. The summed E-state index contributed by atoms with van der Waals surface area (Å²) in [6.07, 6.45) is 0.442. The van der Waals surface area contributed by atoms with Gasteiger partial charge in [-0.25, -0.2) is 0 Å². The van der Waals surface area contributed by atoms with Crippen molar-refractivity contribution >= 4 is 28.9 Å². The Kier molecular flexibility index (Phi) is 4.72. The van der Waals surface area contributed by atoms with Crippen LogP contribution >= 0.6 is 12.2 Å². The van der Waals surface area contributed by atoms with E-state index < -0.39 is 0 Å². The predicted octanol–water partition coefficient (Wildman–Crippen LogP) is 1.76. The molecule has 4 nitrogen and oxygen atoms in total. The molecular weight excluding hydrogens is 222 g/mol. The molecule has 0 heterocycles. The number of nitrogens with zero attached hydrogens (tertiary/aromatic N) is 1. The first-order valence-electron chi connectivity index (χ1n) is 5.02. The molecule has 16 heavy (non-hydrogen) atoms. The van der Waals surface area contributed by atoms with Crippen LogP contribution in [0.15, 0.2) is 30.3 Å². The van der Waals surface area contributed by atoms with Gasteiger partial charge in [-0.15, -0.1) is 0 Å². The van der Waals surface area contributed by atoms with Crippen LogP contribution in [-0.4, -0.2) is 23.1 Å². The number of nitrogens with one attached hydrogen (secondary N) is 2. The average Bonchev–Trinajstić information content (AvgIpc) is 2.29. The number of hydrogen-bond donors (Lipinski definition) is 2. The normalized spacial score (nSPS) is 9.38. The number of para-hydroxylation sites is 1. The molecule has 2 N–H and O–H groups in total. The van der Waals surface area contributed by atoms with Gasteiger partial charge in [-0.3, -0.25) is 15.2 Å². The molecule has 1 aromatic rings. The molecule has 0 aliphatic rings. The third-order valence-electron chi connectivity index (χ3n) is 1.98. The van der Waals surface area contributed by atoms with Gasteiger partial charge in [-0.1, -0.05) is 25.1 Å². The van der Waals surface area contributed by atoms with Crippen LogP contribution in [0.2, 0.25) is 0 Å². The van der Waals surface area contributed by atoms with Crippen LogP contribution in [0.3, 0.4) is 0 Å². The van der Waals surface area contributed by atoms with Crippen molar-refractivity contribution in [3.05, 3.63) is 30.3 Å². The highest BCUT2D eigenvalue weighted by Crippen LogP contribution is 2.04. The maximum absolute atomic E-state index is 11.3. The van der Waals surface area contributed by atoms with Gasteiger partial charge in [0.25, 0.3) is 0 Å². The first kappa shape index (κ1) is 12.4. The fourth-order valence-electron chi connectivity index (χ4n) is 1.13. The largest absolute Gasteiger partial charge is 0.331 e. The van der Waals surface area contributed by atoms with E-state index in [-0.39, 0.29) is 5.91 Å². The summed E-state index contributed by atoms with van der Waals surface area (Å²) in [7, 11) is 1.64. The molecule has 1 amide bonds. The van der Waals surface area contributed by atoms with E-state index in [0.29, 0.717) is 11.5 Å². The number of hydrazine groups is 1. The zero-order valence-corrected chi connectivity index (χ0v) is 10.2. The van der Waals surface area contributed by atoms with Gasteiger partial charge in [0.2, 0.25) is 5.91 Å². The summed E-state index contributed by atoms with van der Waals surface area (Å²) < 4.78 is 0. The maximum Gasteiger partial charge on any atom is 0.240 e. The lowest BCUT2D eigenvalue weighted by Crippen LogP contribution is -2.44. The number of hydrogen-bond acceptors (Lipinski definition) is 2. The topological polar surface area (TPSA) is 44.4 Å². The van der Waals surface area contributed by atoms with Gasteiger partial charge in [0, 0.05) is 19.2 Å². The van der Waals surface area contributed by atoms with Crippen LogP contribution in [0, 0.1) is 0 Å². The molecule has 0 aromatic heterocycles. The molecule has 1 rings (SSSR count). The molecule has 1 aromatic carbocycles. The first-order valence-corrected chi connectivity index (χ1v) is 5.43. The molecule has 0 radical (unpaired) electrons. The third kappa shape index (κ3) is 3.86. The van der Waals surface area contributed by atoms with Crippen LogP contribution in [0.5, 0.6) is 0 Å². The molecule has 0 bridgehead atoms. The van der Waals surface area contributed by atoms with Gasteiger partial charge < -0.3 is 5.32 Å². The van der Waals surface area contributed by atoms with E-state index in [4.69, 9.17) is 12.2 Å². The van der Waals surface area contributed by atoms with E-state index in [0.717, 1.165) is 5.69 Å². The van der Waals surface area contributed by atoms with Gasteiger partial charge >= 0.3 is 0 Å². The average molecular weight is 237 g/mol. The summed E-state index contributed by atoms with van der Waals surface area (Å²) >= 11 is 5.06. The number of carbonyl (C=O) groups excluding carboxylic acids is 1. The lowest BCUT2D eigenvalue weighted by molar-refractivity contribution is -0.131. The summed E-state index contributed by atoms with van der Waals surface area (Å²) in [6.45, 7) is 1.80. The van der Waals surface area contributed by atoms with Crippen LogP contribution in [0.1, 0.15) is 13.3 Å². The quantitative estimate of drug-likeness (QED) is 0.607. The minimum atomic E-state index is -0.0165. The second-order valence-corrected chi connectivity index (χ2v) is 3.65. The van der Waals surface area contributed by atoms with Crippen molar-refractivity contribution in [3.63, 3.8) is 0 Å². The van der Waals surface area contributed by atoms with Gasteiger partial charge in [0.15, 0.2) is 5.11 Å². The molecule has 0 atom stereocenters. The van der Waals surface area contributed by atoms with Crippen LogP contribution < -0.4 is 10.7 Å². The van der Waals surface area contributed by atoms with Crippen molar-refractivity contribution < 1.29 is 4.79 Å². The maximum atomic E-state index is 11.3. The highest BCUT2D eigenvalue weighted by Gasteiger charge is 2.06. The van der Waals surface area contributed by atoms with E-state index in [1.807, 2.05) is 30.3 Å². The first-order chi connectivity index (χ1) is 7.63. The van der Waals surface area contributed by atoms with Crippen LogP contribution in [-0.2, 0) is 4.79 Å². The van der Waals surface area contributed by atoms with Crippen molar-refractivity contribution in [2.75, 3.05) is 12.4 Å². The standard InChI is InChI=1S/C11H15N3OS/c1-3-10(15)14(2)13-11(16)12-9-7-5-4-6-8-9/h4-8H,3H2,1-2H3,(H2,12,13,16). The zero-order valence-electron chi connectivity index (χ0n) is 9.36. The highest BCUT2D eigenvalue weighted by molar-refractivity contribution is 7.80. The molecule has 0 saturated carbocycles. The second kappa shape index (κ2) is 6.07. The van der Waals surface area contributed by atoms with E-state index in [1.54, 1.807) is 14.0 Å². The Morgan fingerprint density at radius 3 is 2.56 bits per heavy atom. The molecule has 0 spiro atoms. The lowest BCUT2D eigenvalue weighted by atomic mass is 10.3. The molecular formula is C11H15N3OS. The van der Waals surface area contributed by atoms with Crippen molar-refractivity contribution in [3.8, 4) is 0 Å². The summed E-state index contributed by atoms with van der Waals surface area (Å²) in [5, 5.41) is 4.75. The number of carbonyl (C=O) groups is 1. The Morgan fingerprint density at radius 2 is 2.00 bits per heavy atom. The van der Waals surface area contributed by atoms with Crippen LogP contribution in [0.25, 0.3) is 0 Å². The van der Waals surface area contributed by atoms with Crippen molar-refractivity contribution in [2.45, 2.75) is 13.3 Å². The molecule has 0 aliphatic heterocycles. The van der Waals surface area contributed by atoms with Gasteiger partial charge in [-0.05, 0) is 24.4 Å². The van der Waals surface area contributed by atoms with E-state index in [1.165, 1.54) is 5.01 Å². The molecule has 0 unspecified atom stereocenters. The summed E-state index contributed by atoms with van der Waals surface area (Å²) in [5.41, 5.74) is 3.67. The van der Waals surface area contributed by atoms with E-state index in [9.17, 15) is 4.79 Å². The number of amides is 1. The zero-order chi connectivity index (χ0) is 12.0. The fraction of sp³-hybridized carbons (Fsp3) is 0.273. The summed E-state index contributed by atoms with van der Waals surface area (Å²) in [5.74, 6) is -0.0165. The summed E-state index contributed by atoms with van der Waals surface area (Å²) in [4.78, 5) is 11.3. The molecule has 0 fully saturated rings. The minimum Gasteiger partial charge on any atom is -0.331 e. The predicted molar refractivity (Wildman–Crippen MR) is 68.9 cm³/mol. The Morgan fingerprint density at radius 1 is 1.38 bits per heavy atom. The van der Waals surface area contributed by atoms with E-state index >= 15 is 0 Å². The molecule has 0 aliphatic carbocycles. The SMILES string of the molecule is CCC(=O)N(C)NC(=S)Nc1ccccc1. The molecule has 86 valence electrons. The number of anilines is 1. The molecule has 5 heteroatoms. The Hall–Kier alpha value is -1.62. The Labute approximate surface area is 101 Å². The Balaban J connectivity index is 2.45. The van der Waals surface area contributed by atoms with Crippen LogP contribution in [0.4, 0.5) is 5.69 Å². The molecule has 0 saturated heterocycles. The van der Waals surface area contributed by atoms with Crippen molar-refractivity contribution in [1.82, 2.24) is 10.4 Å². The Bertz CT molecular complexity index is 367. The number of benzene rings is 1. The van der Waals surface area contributed by atoms with Crippen molar-refractivity contribution in [1.29, 1.82) is 0 Å². The van der Waals surface area contributed by atoms with Gasteiger partial charge in [0.05, 0.1) is 0 Å². The number of thiocarbonyl (C=S) groups is 1. The van der Waals surface area contributed by atoms with Gasteiger partial charge in [0.1, 0.15) is 0 Å². The summed E-state index contributed by atoms with van der Waals surface area (Å²) in [6, 6.07) is 9.54. The lowest BCUT2D eigenvalue weighted by Gasteiger charge is -2.19. The smallest absolute Gasteiger partial charge is 0.240 e.